The Morgan fingerprint density at radius 3 is 2.50 bits per heavy atom. The average Bonchev–Trinajstić information content (AvgIpc) is 2.16. The highest BCUT2D eigenvalue weighted by atomic mass is 36.0. The van der Waals surface area contributed by atoms with Gasteiger partial charge < -0.3 is 4.74 Å². The SMILES string of the molecule is COc1cc(F)cc(CC#N)c1.O=S(Cl)Cl. The minimum Gasteiger partial charge on any atom is -0.497 e. The minimum atomic E-state index is -1.67. The zero-order valence-corrected chi connectivity index (χ0v) is 10.6. The average molecular weight is 284 g/mol. The maximum Gasteiger partial charge on any atom is 0.211 e. The van der Waals surface area contributed by atoms with Gasteiger partial charge in [-0.25, -0.2) is 8.60 Å². The van der Waals surface area contributed by atoms with Crippen molar-refractivity contribution in [2.24, 2.45) is 0 Å². The van der Waals surface area contributed by atoms with Gasteiger partial charge in [0.25, 0.3) is 0 Å². The molecule has 7 heteroatoms. The number of hydrogen-bond donors (Lipinski definition) is 0. The van der Waals surface area contributed by atoms with Crippen LogP contribution in [0.5, 0.6) is 5.75 Å². The van der Waals surface area contributed by atoms with Crippen molar-refractivity contribution >= 4 is 30.6 Å². The van der Waals surface area contributed by atoms with Crippen LogP contribution in [0.3, 0.4) is 0 Å². The Morgan fingerprint density at radius 2 is 2.06 bits per heavy atom. The zero-order valence-electron chi connectivity index (χ0n) is 8.25. The second-order valence-electron chi connectivity index (χ2n) is 2.52. The van der Waals surface area contributed by atoms with Crippen LogP contribution in [0.25, 0.3) is 0 Å². The third kappa shape index (κ3) is 7.46. The van der Waals surface area contributed by atoms with Crippen molar-refractivity contribution in [3.63, 3.8) is 0 Å². The summed E-state index contributed by atoms with van der Waals surface area (Å²) < 4.78 is 26.7. The van der Waals surface area contributed by atoms with Gasteiger partial charge in [0.1, 0.15) is 11.6 Å². The monoisotopic (exact) mass is 283 g/mol. The third-order valence-electron chi connectivity index (χ3n) is 1.45. The number of methoxy groups -OCH3 is 1. The molecular weight excluding hydrogens is 276 g/mol. The van der Waals surface area contributed by atoms with Gasteiger partial charge in [0.2, 0.25) is 9.23 Å². The Hall–Kier alpha value is -0.830. The van der Waals surface area contributed by atoms with Crippen molar-refractivity contribution in [2.45, 2.75) is 6.42 Å². The normalized spacial score (nSPS) is 9.00. The number of hydrogen-bond acceptors (Lipinski definition) is 3. The van der Waals surface area contributed by atoms with Gasteiger partial charge in [0.05, 0.1) is 19.6 Å². The predicted octanol–water partition coefficient (Wildman–Crippen LogP) is 2.94. The predicted molar refractivity (Wildman–Crippen MR) is 62.1 cm³/mol. The molecular formula is C9H8Cl2FNO2S. The summed E-state index contributed by atoms with van der Waals surface area (Å²) in [5, 5.41) is 8.36. The van der Waals surface area contributed by atoms with E-state index in [9.17, 15) is 4.39 Å². The Balaban J connectivity index is 0.000000487. The van der Waals surface area contributed by atoms with Crippen LogP contribution in [-0.4, -0.2) is 11.3 Å². The number of halogens is 3. The van der Waals surface area contributed by atoms with Gasteiger partial charge in [-0.15, -0.1) is 0 Å². The second-order valence-corrected chi connectivity index (χ2v) is 5.04. The molecule has 0 unspecified atom stereocenters. The molecule has 0 aliphatic carbocycles. The van der Waals surface area contributed by atoms with Gasteiger partial charge >= 0.3 is 0 Å². The Bertz CT molecular complexity index is 405. The van der Waals surface area contributed by atoms with Gasteiger partial charge in [0, 0.05) is 27.4 Å². The first-order valence-electron chi connectivity index (χ1n) is 3.94. The topological polar surface area (TPSA) is 50.1 Å². The summed E-state index contributed by atoms with van der Waals surface area (Å²) in [5.74, 6) is 0.0693. The molecule has 0 fully saturated rings. The Kier molecular flexibility index (Phi) is 7.90. The van der Waals surface area contributed by atoms with Crippen molar-refractivity contribution in [3.8, 4) is 11.8 Å². The van der Waals surface area contributed by atoms with Crippen molar-refractivity contribution in [1.82, 2.24) is 0 Å². The molecule has 0 aliphatic rings. The van der Waals surface area contributed by atoms with Gasteiger partial charge in [-0.1, -0.05) is 0 Å². The highest BCUT2D eigenvalue weighted by Gasteiger charge is 1.99. The summed E-state index contributed by atoms with van der Waals surface area (Å²) in [6.45, 7) is 0. The van der Waals surface area contributed by atoms with Crippen LogP contribution < -0.4 is 4.74 Å². The molecule has 1 rings (SSSR count). The molecule has 0 radical (unpaired) electrons. The third-order valence-corrected chi connectivity index (χ3v) is 1.45. The highest BCUT2D eigenvalue weighted by molar-refractivity contribution is 8.26. The standard InChI is InChI=1S/C9H8FNO.Cl2OS/c1-12-9-5-7(2-3-11)4-8(10)6-9;1-4(2)3/h4-6H,2H2,1H3;. The molecule has 16 heavy (non-hydrogen) atoms. The molecule has 0 aliphatic heterocycles. The van der Waals surface area contributed by atoms with E-state index in [0.717, 1.165) is 0 Å². The van der Waals surface area contributed by atoms with Crippen LogP contribution in [0.15, 0.2) is 18.2 Å². The number of nitrogens with zero attached hydrogens (tertiary/aromatic N) is 1. The molecule has 0 bridgehead atoms. The first kappa shape index (κ1) is 15.2. The summed E-state index contributed by atoms with van der Waals surface area (Å²) >= 11 is 0. The van der Waals surface area contributed by atoms with E-state index < -0.39 is 9.23 Å². The van der Waals surface area contributed by atoms with Gasteiger partial charge in [0.15, 0.2) is 0 Å². The van der Waals surface area contributed by atoms with Crippen molar-refractivity contribution < 1.29 is 13.3 Å². The minimum absolute atomic E-state index is 0.202. The zero-order chi connectivity index (χ0) is 12.6. The molecule has 1 aromatic rings. The lowest BCUT2D eigenvalue weighted by Crippen LogP contribution is -1.88. The molecule has 0 N–H and O–H groups in total. The van der Waals surface area contributed by atoms with Crippen molar-refractivity contribution in [1.29, 1.82) is 5.26 Å². The molecule has 0 atom stereocenters. The van der Waals surface area contributed by atoms with Crippen LogP contribution in [0.1, 0.15) is 5.56 Å². The molecule has 88 valence electrons. The molecule has 0 saturated carbocycles. The van der Waals surface area contributed by atoms with Gasteiger partial charge in [-0.05, 0) is 17.7 Å². The second kappa shape index (κ2) is 8.34. The maximum atomic E-state index is 12.7. The van der Waals surface area contributed by atoms with E-state index in [-0.39, 0.29) is 12.2 Å². The van der Waals surface area contributed by atoms with E-state index in [1.54, 1.807) is 6.07 Å². The maximum absolute atomic E-state index is 12.7. The van der Waals surface area contributed by atoms with E-state index in [1.807, 2.05) is 6.07 Å². The summed E-state index contributed by atoms with van der Waals surface area (Å²) in [4.78, 5) is 0. The van der Waals surface area contributed by atoms with E-state index in [1.165, 1.54) is 19.2 Å². The molecule has 0 saturated heterocycles. The number of ether oxygens (including phenoxy) is 1. The molecule has 0 heterocycles. The van der Waals surface area contributed by atoms with Crippen LogP contribution in [-0.2, 0) is 15.6 Å². The summed E-state index contributed by atoms with van der Waals surface area (Å²) in [5.41, 5.74) is 0.634. The lowest BCUT2D eigenvalue weighted by molar-refractivity contribution is 0.411. The fraction of sp³-hybridized carbons (Fsp3) is 0.222. The van der Waals surface area contributed by atoms with Crippen LogP contribution in [0.4, 0.5) is 4.39 Å². The van der Waals surface area contributed by atoms with Crippen LogP contribution >= 0.6 is 21.4 Å². The summed E-state index contributed by atoms with van der Waals surface area (Å²) in [6.07, 6.45) is 0.202. The van der Waals surface area contributed by atoms with Crippen LogP contribution in [0, 0.1) is 17.1 Å². The smallest absolute Gasteiger partial charge is 0.211 e. The van der Waals surface area contributed by atoms with Crippen molar-refractivity contribution in [3.05, 3.63) is 29.6 Å². The van der Waals surface area contributed by atoms with Gasteiger partial charge in [-0.3, -0.25) is 0 Å². The molecule has 0 aromatic heterocycles. The summed E-state index contributed by atoms with van der Waals surface area (Å²) in [7, 11) is 8.82. The Labute approximate surface area is 104 Å². The summed E-state index contributed by atoms with van der Waals surface area (Å²) in [6, 6.07) is 6.19. The fourth-order valence-corrected chi connectivity index (χ4v) is 0.932. The number of rotatable bonds is 2. The molecule has 1 aromatic carbocycles. The first-order chi connectivity index (χ1) is 7.49. The van der Waals surface area contributed by atoms with E-state index >= 15 is 0 Å². The lowest BCUT2D eigenvalue weighted by atomic mass is 10.1. The first-order valence-corrected chi connectivity index (χ1v) is 6.74. The van der Waals surface area contributed by atoms with Gasteiger partial charge in [-0.2, -0.15) is 5.26 Å². The largest absolute Gasteiger partial charge is 0.497 e. The van der Waals surface area contributed by atoms with E-state index in [2.05, 4.69) is 21.4 Å². The Morgan fingerprint density at radius 1 is 1.50 bits per heavy atom. The van der Waals surface area contributed by atoms with Crippen molar-refractivity contribution in [2.75, 3.05) is 7.11 Å². The number of benzene rings is 1. The molecule has 3 nitrogen and oxygen atoms in total. The quantitative estimate of drug-likeness (QED) is 0.784. The van der Waals surface area contributed by atoms with E-state index in [4.69, 9.17) is 14.2 Å². The fourth-order valence-electron chi connectivity index (χ4n) is 0.932. The molecule has 0 amide bonds. The van der Waals surface area contributed by atoms with E-state index in [0.29, 0.717) is 11.3 Å². The van der Waals surface area contributed by atoms with Crippen LogP contribution in [0.2, 0.25) is 0 Å². The number of nitriles is 1. The molecule has 0 spiro atoms. The highest BCUT2D eigenvalue weighted by Crippen LogP contribution is 2.15. The lowest BCUT2D eigenvalue weighted by Gasteiger charge is -2.01.